The predicted octanol–water partition coefficient (Wildman–Crippen LogP) is 1.74. The van der Waals surface area contributed by atoms with Gasteiger partial charge in [0.25, 0.3) is 0 Å². The second kappa shape index (κ2) is 12.5. The van der Waals surface area contributed by atoms with Gasteiger partial charge in [-0.2, -0.15) is 0 Å². The van der Waals surface area contributed by atoms with Crippen molar-refractivity contribution in [3.8, 4) is 0 Å². The van der Waals surface area contributed by atoms with Crippen LogP contribution in [0.2, 0.25) is 0 Å². The number of nitrogens with one attached hydrogen (secondary N) is 2. The summed E-state index contributed by atoms with van der Waals surface area (Å²) in [4.78, 5) is 4.46. The summed E-state index contributed by atoms with van der Waals surface area (Å²) in [7, 11) is -1.55. The van der Waals surface area contributed by atoms with E-state index in [1.165, 1.54) is 4.31 Å². The lowest BCUT2D eigenvalue weighted by atomic mass is 9.96. The summed E-state index contributed by atoms with van der Waals surface area (Å²) in [6, 6.07) is 9.43. The molecule has 1 unspecified atom stereocenters. The first kappa shape index (κ1) is 26.1. The molecule has 156 valence electrons. The Morgan fingerprint density at radius 3 is 2.41 bits per heavy atom. The Bertz CT molecular complexity index is 666. The minimum Gasteiger partial charge on any atom is -0.384 e. The van der Waals surface area contributed by atoms with E-state index in [0.29, 0.717) is 32.0 Å². The molecule has 1 aromatic rings. The summed E-state index contributed by atoms with van der Waals surface area (Å²) in [6.45, 7) is 7.29. The minimum atomic E-state index is -3.14. The zero-order chi connectivity index (χ0) is 19.6. The van der Waals surface area contributed by atoms with Gasteiger partial charge in [-0.1, -0.05) is 30.3 Å². The lowest BCUT2D eigenvalue weighted by Gasteiger charge is -2.22. The molecule has 7 nitrogen and oxygen atoms in total. The maximum Gasteiger partial charge on any atom is 0.213 e. The molecule has 0 aliphatic rings. The maximum atomic E-state index is 11.7. The molecule has 3 N–H and O–H groups in total. The molecule has 0 spiro atoms. The number of guanidine groups is 1. The fourth-order valence-corrected chi connectivity index (χ4v) is 3.18. The smallest absolute Gasteiger partial charge is 0.213 e. The summed E-state index contributed by atoms with van der Waals surface area (Å²) < 4.78 is 24.8. The van der Waals surface area contributed by atoms with Crippen LogP contribution in [0, 0.1) is 0 Å². The number of hydrogen-bond acceptors (Lipinski definition) is 4. The maximum absolute atomic E-state index is 11.7. The zero-order valence-corrected chi connectivity index (χ0v) is 19.8. The van der Waals surface area contributed by atoms with Gasteiger partial charge in [-0.25, -0.2) is 17.7 Å². The van der Waals surface area contributed by atoms with Crippen LogP contribution in [0.4, 0.5) is 0 Å². The summed E-state index contributed by atoms with van der Waals surface area (Å²) in [5.41, 5.74) is -0.245. The monoisotopic (exact) mass is 512 g/mol. The Morgan fingerprint density at radius 2 is 1.85 bits per heavy atom. The third-order valence-electron chi connectivity index (χ3n) is 4.07. The number of benzene rings is 1. The third kappa shape index (κ3) is 9.22. The van der Waals surface area contributed by atoms with Crippen LogP contribution in [-0.4, -0.2) is 62.8 Å². The molecule has 0 aromatic heterocycles. The van der Waals surface area contributed by atoms with Crippen molar-refractivity contribution in [3.63, 3.8) is 0 Å². The van der Waals surface area contributed by atoms with E-state index >= 15 is 0 Å². The first-order valence-electron chi connectivity index (χ1n) is 8.97. The van der Waals surface area contributed by atoms with Gasteiger partial charge in [0.2, 0.25) is 10.0 Å². The molecule has 0 fully saturated rings. The second-order valence-electron chi connectivity index (χ2n) is 6.34. The van der Waals surface area contributed by atoms with Crippen LogP contribution in [-0.2, 0) is 15.6 Å². The standard InChI is InChI=1S/C18H32N4O3S.HI/c1-5-19-17(20-13-10-14-22(4)26(24,25)6-2)21-15-18(3,23)16-11-8-7-9-12-16;/h7-9,11-12,23H,5-6,10,13-15H2,1-4H3,(H2,19,20,21);1H. The van der Waals surface area contributed by atoms with Crippen LogP contribution in [0.5, 0.6) is 0 Å². The number of hydrogen-bond donors (Lipinski definition) is 3. The van der Waals surface area contributed by atoms with E-state index in [1.54, 1.807) is 20.9 Å². The largest absolute Gasteiger partial charge is 0.384 e. The Balaban J connectivity index is 0.00000676. The number of sulfonamides is 1. The van der Waals surface area contributed by atoms with Crippen LogP contribution in [0.3, 0.4) is 0 Å². The molecule has 0 radical (unpaired) electrons. The molecular weight excluding hydrogens is 479 g/mol. The molecule has 1 atom stereocenters. The normalized spacial score (nSPS) is 14.4. The van der Waals surface area contributed by atoms with Gasteiger partial charge in [0.1, 0.15) is 5.60 Å². The first-order valence-corrected chi connectivity index (χ1v) is 10.6. The van der Waals surface area contributed by atoms with Gasteiger partial charge < -0.3 is 15.7 Å². The van der Waals surface area contributed by atoms with E-state index < -0.39 is 15.6 Å². The number of rotatable bonds is 10. The highest BCUT2D eigenvalue weighted by Crippen LogP contribution is 2.20. The van der Waals surface area contributed by atoms with Gasteiger partial charge in [0.05, 0.1) is 12.3 Å². The van der Waals surface area contributed by atoms with E-state index in [0.717, 1.165) is 5.56 Å². The lowest BCUT2D eigenvalue weighted by Crippen LogP contribution is -2.40. The number of halogens is 1. The van der Waals surface area contributed by atoms with Gasteiger partial charge in [-0.3, -0.25) is 0 Å². The van der Waals surface area contributed by atoms with Crippen molar-refractivity contribution < 1.29 is 13.5 Å². The Labute approximate surface area is 180 Å². The highest BCUT2D eigenvalue weighted by atomic mass is 127. The molecule has 0 aliphatic heterocycles. The van der Waals surface area contributed by atoms with Crippen molar-refractivity contribution in [1.29, 1.82) is 0 Å². The Kier molecular flexibility index (Phi) is 12.1. The van der Waals surface area contributed by atoms with Crippen LogP contribution < -0.4 is 10.6 Å². The van der Waals surface area contributed by atoms with E-state index in [1.807, 2.05) is 37.3 Å². The fourth-order valence-electron chi connectivity index (χ4n) is 2.33. The SMILES string of the molecule is CCNC(=NCC(C)(O)c1ccccc1)NCCCN(C)S(=O)(=O)CC.I. The zero-order valence-electron chi connectivity index (χ0n) is 16.6. The molecule has 1 aromatic carbocycles. The van der Waals surface area contributed by atoms with E-state index in [-0.39, 0.29) is 36.3 Å². The average molecular weight is 512 g/mol. The number of nitrogens with zero attached hydrogens (tertiary/aromatic N) is 2. The second-order valence-corrected chi connectivity index (χ2v) is 8.70. The van der Waals surface area contributed by atoms with Gasteiger partial charge in [0, 0.05) is 26.7 Å². The van der Waals surface area contributed by atoms with Crippen molar-refractivity contribution in [2.45, 2.75) is 32.8 Å². The average Bonchev–Trinajstić information content (AvgIpc) is 2.63. The van der Waals surface area contributed by atoms with Crippen LogP contribution in [0.15, 0.2) is 35.3 Å². The number of aliphatic hydroxyl groups is 1. The van der Waals surface area contributed by atoms with Crippen LogP contribution >= 0.6 is 24.0 Å². The lowest BCUT2D eigenvalue weighted by molar-refractivity contribution is 0.0672. The highest BCUT2D eigenvalue weighted by Gasteiger charge is 2.22. The van der Waals surface area contributed by atoms with Gasteiger partial charge in [-0.15, -0.1) is 24.0 Å². The van der Waals surface area contributed by atoms with E-state index in [4.69, 9.17) is 0 Å². The number of aliphatic imine (C=N–C) groups is 1. The Morgan fingerprint density at radius 1 is 1.22 bits per heavy atom. The topological polar surface area (TPSA) is 94.0 Å². The first-order chi connectivity index (χ1) is 12.2. The molecule has 0 heterocycles. The quantitative estimate of drug-likeness (QED) is 0.192. The highest BCUT2D eigenvalue weighted by molar-refractivity contribution is 14.0. The summed E-state index contributed by atoms with van der Waals surface area (Å²) in [5.74, 6) is 0.708. The molecule has 9 heteroatoms. The molecule has 0 aliphatic carbocycles. The third-order valence-corrected chi connectivity index (χ3v) is 5.93. The summed E-state index contributed by atoms with van der Waals surface area (Å²) in [6.07, 6.45) is 0.662. The molecule has 1 rings (SSSR count). The van der Waals surface area contributed by atoms with Crippen molar-refractivity contribution >= 4 is 40.0 Å². The predicted molar refractivity (Wildman–Crippen MR) is 122 cm³/mol. The van der Waals surface area contributed by atoms with Gasteiger partial charge >= 0.3 is 0 Å². The molecule has 0 saturated heterocycles. The van der Waals surface area contributed by atoms with Crippen molar-refractivity contribution in [3.05, 3.63) is 35.9 Å². The summed E-state index contributed by atoms with van der Waals surface area (Å²) in [5, 5.41) is 16.9. The van der Waals surface area contributed by atoms with E-state index in [2.05, 4.69) is 15.6 Å². The van der Waals surface area contributed by atoms with Gasteiger partial charge in [-0.05, 0) is 32.8 Å². The van der Waals surface area contributed by atoms with Crippen molar-refractivity contribution in [2.24, 2.45) is 4.99 Å². The molecule has 0 amide bonds. The van der Waals surface area contributed by atoms with Crippen LogP contribution in [0.25, 0.3) is 0 Å². The van der Waals surface area contributed by atoms with Gasteiger partial charge in [0.15, 0.2) is 5.96 Å². The molecule has 0 saturated carbocycles. The van der Waals surface area contributed by atoms with Crippen molar-refractivity contribution in [2.75, 3.05) is 39.0 Å². The Hall–Kier alpha value is -0.910. The van der Waals surface area contributed by atoms with E-state index in [9.17, 15) is 13.5 Å². The molecular formula is C18H33IN4O3S. The molecule has 27 heavy (non-hydrogen) atoms. The molecule has 0 bridgehead atoms. The van der Waals surface area contributed by atoms with Crippen molar-refractivity contribution in [1.82, 2.24) is 14.9 Å². The minimum absolute atomic E-state index is 0. The summed E-state index contributed by atoms with van der Waals surface area (Å²) >= 11 is 0. The van der Waals surface area contributed by atoms with Crippen LogP contribution in [0.1, 0.15) is 32.8 Å². The fraction of sp³-hybridized carbons (Fsp3) is 0.611.